The molecule has 0 aliphatic rings. The fourth-order valence-electron chi connectivity index (χ4n) is 1.84. The SMILES string of the molecule is COC(=O)c1ccc(C(=O)Nc2cccc(C)c2C)nc1. The van der Waals surface area contributed by atoms with Gasteiger partial charge in [-0.25, -0.2) is 4.79 Å². The number of hydrogen-bond acceptors (Lipinski definition) is 4. The largest absolute Gasteiger partial charge is 0.465 e. The quantitative estimate of drug-likeness (QED) is 0.880. The van der Waals surface area contributed by atoms with Gasteiger partial charge in [0.25, 0.3) is 5.91 Å². The topological polar surface area (TPSA) is 68.3 Å². The Balaban J connectivity index is 2.17. The molecular weight excluding hydrogens is 268 g/mol. The number of benzene rings is 1. The van der Waals surface area contributed by atoms with Crippen molar-refractivity contribution in [2.45, 2.75) is 13.8 Å². The summed E-state index contributed by atoms with van der Waals surface area (Å²) >= 11 is 0. The minimum atomic E-state index is -0.482. The van der Waals surface area contributed by atoms with Crippen LogP contribution in [0.2, 0.25) is 0 Å². The van der Waals surface area contributed by atoms with Crippen LogP contribution in [0.25, 0.3) is 0 Å². The second kappa shape index (κ2) is 6.17. The van der Waals surface area contributed by atoms with E-state index in [-0.39, 0.29) is 11.6 Å². The van der Waals surface area contributed by atoms with Crippen LogP contribution in [-0.2, 0) is 4.74 Å². The first-order chi connectivity index (χ1) is 10.0. The van der Waals surface area contributed by atoms with Crippen LogP contribution < -0.4 is 5.32 Å². The van der Waals surface area contributed by atoms with Crippen molar-refractivity contribution >= 4 is 17.6 Å². The molecule has 1 aromatic carbocycles. The normalized spacial score (nSPS) is 10.0. The Hall–Kier alpha value is -2.69. The van der Waals surface area contributed by atoms with E-state index in [9.17, 15) is 9.59 Å². The van der Waals surface area contributed by atoms with Crippen molar-refractivity contribution in [1.82, 2.24) is 4.98 Å². The number of hydrogen-bond donors (Lipinski definition) is 1. The monoisotopic (exact) mass is 284 g/mol. The number of aryl methyl sites for hydroxylation is 1. The summed E-state index contributed by atoms with van der Waals surface area (Å²) in [6.45, 7) is 3.92. The molecule has 5 heteroatoms. The molecule has 0 bridgehead atoms. The number of nitrogens with one attached hydrogen (secondary N) is 1. The molecule has 1 heterocycles. The van der Waals surface area contributed by atoms with Crippen LogP contribution in [0.3, 0.4) is 0 Å². The molecule has 0 unspecified atom stereocenters. The van der Waals surface area contributed by atoms with E-state index in [1.165, 1.54) is 25.4 Å². The highest BCUT2D eigenvalue weighted by Crippen LogP contribution is 2.18. The lowest BCUT2D eigenvalue weighted by Gasteiger charge is -2.10. The van der Waals surface area contributed by atoms with Gasteiger partial charge in [0, 0.05) is 11.9 Å². The number of rotatable bonds is 3. The molecule has 2 aromatic rings. The zero-order valence-electron chi connectivity index (χ0n) is 12.1. The van der Waals surface area contributed by atoms with Crippen molar-refractivity contribution in [2.24, 2.45) is 0 Å². The van der Waals surface area contributed by atoms with Crippen molar-refractivity contribution in [3.63, 3.8) is 0 Å². The Kier molecular flexibility index (Phi) is 4.33. The Morgan fingerprint density at radius 1 is 1.14 bits per heavy atom. The lowest BCUT2D eigenvalue weighted by atomic mass is 10.1. The number of amides is 1. The molecule has 0 aliphatic heterocycles. The van der Waals surface area contributed by atoms with Crippen LogP contribution >= 0.6 is 0 Å². The van der Waals surface area contributed by atoms with Crippen molar-refractivity contribution in [1.29, 1.82) is 0 Å². The minimum Gasteiger partial charge on any atom is -0.465 e. The van der Waals surface area contributed by atoms with E-state index < -0.39 is 5.97 Å². The van der Waals surface area contributed by atoms with E-state index >= 15 is 0 Å². The van der Waals surface area contributed by atoms with Crippen molar-refractivity contribution in [3.8, 4) is 0 Å². The fraction of sp³-hybridized carbons (Fsp3) is 0.188. The Morgan fingerprint density at radius 3 is 2.52 bits per heavy atom. The van der Waals surface area contributed by atoms with Crippen LogP contribution in [0, 0.1) is 13.8 Å². The Labute approximate surface area is 123 Å². The molecule has 0 atom stereocenters. The molecule has 0 radical (unpaired) electrons. The van der Waals surface area contributed by atoms with Gasteiger partial charge in [-0.3, -0.25) is 9.78 Å². The molecule has 0 fully saturated rings. The van der Waals surface area contributed by atoms with Gasteiger partial charge in [0.05, 0.1) is 12.7 Å². The average Bonchev–Trinajstić information content (AvgIpc) is 2.51. The Morgan fingerprint density at radius 2 is 1.90 bits per heavy atom. The minimum absolute atomic E-state index is 0.239. The van der Waals surface area contributed by atoms with E-state index in [1.54, 1.807) is 0 Å². The number of methoxy groups -OCH3 is 1. The van der Waals surface area contributed by atoms with E-state index in [0.29, 0.717) is 5.56 Å². The first-order valence-corrected chi connectivity index (χ1v) is 6.45. The molecule has 0 saturated heterocycles. The summed E-state index contributed by atoms with van der Waals surface area (Å²) in [5, 5.41) is 2.81. The molecule has 0 spiro atoms. The molecule has 5 nitrogen and oxygen atoms in total. The summed E-state index contributed by atoms with van der Waals surface area (Å²) < 4.78 is 4.58. The summed E-state index contributed by atoms with van der Waals surface area (Å²) in [4.78, 5) is 27.4. The third-order valence-corrected chi connectivity index (χ3v) is 3.27. The van der Waals surface area contributed by atoms with Gasteiger partial charge >= 0.3 is 5.97 Å². The summed E-state index contributed by atoms with van der Waals surface area (Å²) in [7, 11) is 1.30. The van der Waals surface area contributed by atoms with Crippen LogP contribution in [-0.4, -0.2) is 24.0 Å². The van der Waals surface area contributed by atoms with Crippen LogP contribution in [0.4, 0.5) is 5.69 Å². The van der Waals surface area contributed by atoms with Gasteiger partial charge in [0.15, 0.2) is 0 Å². The molecule has 0 aliphatic carbocycles. The van der Waals surface area contributed by atoms with E-state index in [4.69, 9.17) is 0 Å². The highest BCUT2D eigenvalue weighted by Gasteiger charge is 2.12. The standard InChI is InChI=1S/C16H16N2O3/c1-10-5-4-6-13(11(10)2)18-15(19)14-8-7-12(9-17-14)16(20)21-3/h4-9H,1-3H3,(H,18,19). The van der Waals surface area contributed by atoms with Crippen molar-refractivity contribution in [3.05, 3.63) is 58.9 Å². The predicted octanol–water partition coefficient (Wildman–Crippen LogP) is 2.74. The van der Waals surface area contributed by atoms with E-state index in [2.05, 4.69) is 15.0 Å². The summed E-state index contributed by atoms with van der Waals surface area (Å²) in [5.41, 5.74) is 3.40. The van der Waals surface area contributed by atoms with Crippen LogP contribution in [0.1, 0.15) is 32.0 Å². The van der Waals surface area contributed by atoms with Gasteiger partial charge in [-0.2, -0.15) is 0 Å². The number of aromatic nitrogens is 1. The van der Waals surface area contributed by atoms with Crippen LogP contribution in [0.5, 0.6) is 0 Å². The fourth-order valence-corrected chi connectivity index (χ4v) is 1.84. The molecule has 0 saturated carbocycles. The van der Waals surface area contributed by atoms with Gasteiger partial charge < -0.3 is 10.1 Å². The Bertz CT molecular complexity index is 678. The first-order valence-electron chi connectivity index (χ1n) is 6.45. The zero-order valence-corrected chi connectivity index (χ0v) is 12.1. The maximum Gasteiger partial charge on any atom is 0.339 e. The van der Waals surface area contributed by atoms with Gasteiger partial charge in [-0.1, -0.05) is 12.1 Å². The van der Waals surface area contributed by atoms with Crippen LogP contribution in [0.15, 0.2) is 36.5 Å². The van der Waals surface area contributed by atoms with E-state index in [1.807, 2.05) is 32.0 Å². The highest BCUT2D eigenvalue weighted by molar-refractivity contribution is 6.03. The molecule has 1 aromatic heterocycles. The molecular formula is C16H16N2O3. The third-order valence-electron chi connectivity index (χ3n) is 3.27. The first kappa shape index (κ1) is 14.7. The maximum absolute atomic E-state index is 12.1. The van der Waals surface area contributed by atoms with Crippen molar-refractivity contribution in [2.75, 3.05) is 12.4 Å². The van der Waals surface area contributed by atoms with E-state index in [0.717, 1.165) is 16.8 Å². The summed E-state index contributed by atoms with van der Waals surface area (Å²) in [5.74, 6) is -0.802. The zero-order chi connectivity index (χ0) is 15.4. The number of pyridine rings is 1. The van der Waals surface area contributed by atoms with Gasteiger partial charge in [-0.05, 0) is 43.2 Å². The number of anilines is 1. The molecule has 1 amide bonds. The average molecular weight is 284 g/mol. The number of nitrogens with zero attached hydrogens (tertiary/aromatic N) is 1. The second-order valence-corrected chi connectivity index (χ2v) is 4.63. The third kappa shape index (κ3) is 3.25. The maximum atomic E-state index is 12.1. The number of esters is 1. The molecule has 21 heavy (non-hydrogen) atoms. The number of carbonyl (C=O) groups excluding carboxylic acids is 2. The second-order valence-electron chi connectivity index (χ2n) is 4.63. The number of carbonyl (C=O) groups is 2. The number of ether oxygens (including phenoxy) is 1. The van der Waals surface area contributed by atoms with Gasteiger partial charge in [0.2, 0.25) is 0 Å². The lowest BCUT2D eigenvalue weighted by Crippen LogP contribution is -2.15. The summed E-state index contributed by atoms with van der Waals surface area (Å²) in [6.07, 6.45) is 1.32. The van der Waals surface area contributed by atoms with Gasteiger partial charge in [0.1, 0.15) is 5.69 Å². The molecule has 1 N–H and O–H groups in total. The summed E-state index contributed by atoms with van der Waals surface area (Å²) in [6, 6.07) is 8.70. The smallest absolute Gasteiger partial charge is 0.339 e. The lowest BCUT2D eigenvalue weighted by molar-refractivity contribution is 0.0600. The highest BCUT2D eigenvalue weighted by atomic mass is 16.5. The van der Waals surface area contributed by atoms with Crippen molar-refractivity contribution < 1.29 is 14.3 Å². The predicted molar refractivity (Wildman–Crippen MR) is 79.4 cm³/mol. The van der Waals surface area contributed by atoms with Gasteiger partial charge in [-0.15, -0.1) is 0 Å². The molecule has 108 valence electrons. The molecule has 2 rings (SSSR count).